The SMILES string of the molecule is CC/C=C\C/C=C\C/C=C\C/C=C\C/C=C\C/C=C\CCC(=O)NC(CS(=O)(=O)O)C(O)/C=C/CCCCCCCCCCCCC. The summed E-state index contributed by atoms with van der Waals surface area (Å²) in [5, 5.41) is 13.1. The largest absolute Gasteiger partial charge is 0.387 e. The molecule has 0 rings (SSSR count). The van der Waals surface area contributed by atoms with E-state index >= 15 is 0 Å². The molecule has 0 fully saturated rings. The van der Waals surface area contributed by atoms with E-state index in [-0.39, 0.29) is 12.3 Å². The molecule has 6 nitrogen and oxygen atoms in total. The third kappa shape index (κ3) is 34.7. The van der Waals surface area contributed by atoms with E-state index in [9.17, 15) is 22.9 Å². The maximum atomic E-state index is 12.4. The molecule has 0 radical (unpaired) electrons. The molecule has 0 aliphatic carbocycles. The van der Waals surface area contributed by atoms with Crippen molar-refractivity contribution in [2.45, 2.75) is 154 Å². The Kier molecular flexibility index (Phi) is 31.7. The Bertz CT molecular complexity index is 1050. The summed E-state index contributed by atoms with van der Waals surface area (Å²) >= 11 is 0. The molecule has 7 heteroatoms. The zero-order valence-electron chi connectivity index (χ0n) is 29.6. The molecule has 0 aromatic carbocycles. The van der Waals surface area contributed by atoms with Gasteiger partial charge in [-0.15, -0.1) is 0 Å². The van der Waals surface area contributed by atoms with Crippen molar-refractivity contribution < 1.29 is 22.9 Å². The molecule has 0 aliphatic rings. The van der Waals surface area contributed by atoms with Crippen LogP contribution in [0.15, 0.2) is 85.1 Å². The van der Waals surface area contributed by atoms with Crippen LogP contribution in [0.1, 0.15) is 142 Å². The van der Waals surface area contributed by atoms with Gasteiger partial charge in [0.1, 0.15) is 0 Å². The van der Waals surface area contributed by atoms with Crippen molar-refractivity contribution in [2.75, 3.05) is 5.75 Å². The summed E-state index contributed by atoms with van der Waals surface area (Å²) in [6.07, 6.45) is 48.6. The van der Waals surface area contributed by atoms with Crippen molar-refractivity contribution in [1.82, 2.24) is 5.32 Å². The summed E-state index contributed by atoms with van der Waals surface area (Å²) in [7, 11) is -4.37. The first-order chi connectivity index (χ1) is 22.8. The number of hydrogen-bond acceptors (Lipinski definition) is 4. The van der Waals surface area contributed by atoms with Gasteiger partial charge in [0.15, 0.2) is 0 Å². The van der Waals surface area contributed by atoms with Crippen LogP contribution in [0.25, 0.3) is 0 Å². The summed E-state index contributed by atoms with van der Waals surface area (Å²) < 4.78 is 32.3. The second kappa shape index (κ2) is 33.4. The number of carbonyl (C=O) groups excluding carboxylic acids is 1. The molecule has 0 aromatic rings. The van der Waals surface area contributed by atoms with Gasteiger partial charge < -0.3 is 10.4 Å². The van der Waals surface area contributed by atoms with Gasteiger partial charge in [-0.1, -0.05) is 163 Å². The fraction of sp³-hybridized carbons (Fsp3) is 0.625. The Balaban J connectivity index is 4.17. The van der Waals surface area contributed by atoms with Crippen LogP contribution in [-0.2, 0) is 14.9 Å². The molecule has 2 atom stereocenters. The highest BCUT2D eigenvalue weighted by Gasteiger charge is 2.24. The van der Waals surface area contributed by atoms with Crippen LogP contribution in [0, 0.1) is 0 Å². The van der Waals surface area contributed by atoms with Crippen LogP contribution in [-0.4, -0.2) is 41.9 Å². The Morgan fingerprint density at radius 3 is 1.47 bits per heavy atom. The van der Waals surface area contributed by atoms with E-state index in [1.807, 2.05) is 18.2 Å². The summed E-state index contributed by atoms with van der Waals surface area (Å²) in [5.74, 6) is -1.10. The van der Waals surface area contributed by atoms with E-state index in [0.717, 1.165) is 57.8 Å². The minimum atomic E-state index is -4.37. The van der Waals surface area contributed by atoms with Gasteiger partial charge in [0, 0.05) is 6.42 Å². The van der Waals surface area contributed by atoms with Crippen molar-refractivity contribution in [3.05, 3.63) is 85.1 Å². The average molecular weight is 674 g/mol. The first-order valence-electron chi connectivity index (χ1n) is 18.3. The van der Waals surface area contributed by atoms with Gasteiger partial charge in [-0.3, -0.25) is 9.35 Å². The third-order valence-corrected chi connectivity index (χ3v) is 8.37. The van der Waals surface area contributed by atoms with Crippen LogP contribution < -0.4 is 5.32 Å². The number of amides is 1. The number of aliphatic hydroxyl groups excluding tert-OH is 1. The van der Waals surface area contributed by atoms with E-state index in [0.29, 0.717) is 6.42 Å². The normalized spacial score (nSPS) is 14.4. The van der Waals surface area contributed by atoms with Crippen molar-refractivity contribution in [3.8, 4) is 0 Å². The number of nitrogens with one attached hydrogen (secondary N) is 1. The summed E-state index contributed by atoms with van der Waals surface area (Å²) in [4.78, 5) is 12.4. The topological polar surface area (TPSA) is 104 Å². The fourth-order valence-corrected chi connectivity index (χ4v) is 5.62. The third-order valence-electron chi connectivity index (χ3n) is 7.59. The number of aliphatic hydroxyl groups is 1. The van der Waals surface area contributed by atoms with E-state index in [1.165, 1.54) is 63.9 Å². The standard InChI is InChI=1S/C40H67NO5S/c1-3-5-7-9-11-13-15-17-18-19-20-21-22-24-26-28-30-32-34-36-40(43)41-38(37-47(44,45)46)39(42)35-33-31-29-27-25-23-16-14-12-10-8-6-4-2/h5,7,11,13,17-18,20-21,24,26,30,32-33,35,38-39,42H,3-4,6,8-10,12,14-16,19,22-23,25,27-29,31,34,36-37H2,1-2H3,(H,41,43)(H,44,45,46)/b7-5-,13-11-,18-17-,21-20-,26-24-,32-30-,35-33+. The predicted octanol–water partition coefficient (Wildman–Crippen LogP) is 10.5. The van der Waals surface area contributed by atoms with Crippen molar-refractivity contribution in [3.63, 3.8) is 0 Å². The second-order valence-electron chi connectivity index (χ2n) is 12.1. The molecule has 0 heterocycles. The Hall–Kier alpha value is -2.48. The van der Waals surface area contributed by atoms with Crippen molar-refractivity contribution in [2.24, 2.45) is 0 Å². The van der Waals surface area contributed by atoms with Gasteiger partial charge in [-0.05, 0) is 57.8 Å². The zero-order chi connectivity index (χ0) is 34.7. The van der Waals surface area contributed by atoms with Crippen LogP contribution in [0.5, 0.6) is 0 Å². The number of carbonyl (C=O) groups is 1. The highest BCUT2D eigenvalue weighted by Crippen LogP contribution is 2.12. The lowest BCUT2D eigenvalue weighted by Crippen LogP contribution is -2.46. The maximum absolute atomic E-state index is 12.4. The molecule has 0 saturated carbocycles. The summed E-state index contributed by atoms with van der Waals surface area (Å²) in [6, 6.07) is -1.10. The second-order valence-corrected chi connectivity index (χ2v) is 13.6. The summed E-state index contributed by atoms with van der Waals surface area (Å²) in [5.41, 5.74) is 0. The van der Waals surface area contributed by atoms with Gasteiger partial charge in [0.25, 0.3) is 10.1 Å². The lowest BCUT2D eigenvalue weighted by atomic mass is 10.0. The van der Waals surface area contributed by atoms with E-state index in [1.54, 1.807) is 0 Å². The molecule has 3 N–H and O–H groups in total. The molecule has 0 aliphatic heterocycles. The summed E-state index contributed by atoms with van der Waals surface area (Å²) in [6.45, 7) is 4.38. The molecule has 0 bridgehead atoms. The molecular formula is C40H67NO5S. The fourth-order valence-electron chi connectivity index (χ4n) is 4.88. The molecule has 2 unspecified atom stereocenters. The first-order valence-corrected chi connectivity index (χ1v) is 19.9. The van der Waals surface area contributed by atoms with Crippen molar-refractivity contribution in [1.29, 1.82) is 0 Å². The van der Waals surface area contributed by atoms with E-state index in [4.69, 9.17) is 0 Å². The van der Waals surface area contributed by atoms with Gasteiger partial charge in [-0.2, -0.15) is 8.42 Å². The van der Waals surface area contributed by atoms with Crippen LogP contribution in [0.2, 0.25) is 0 Å². The van der Waals surface area contributed by atoms with Gasteiger partial charge in [0.05, 0.1) is 17.9 Å². The number of allylic oxidation sites excluding steroid dienone is 13. The first kappa shape index (κ1) is 44.5. The molecule has 47 heavy (non-hydrogen) atoms. The molecule has 268 valence electrons. The number of rotatable bonds is 31. The lowest BCUT2D eigenvalue weighted by molar-refractivity contribution is -0.122. The van der Waals surface area contributed by atoms with E-state index in [2.05, 4.69) is 79.9 Å². The van der Waals surface area contributed by atoms with Gasteiger partial charge >= 0.3 is 0 Å². The van der Waals surface area contributed by atoms with E-state index < -0.39 is 28.0 Å². The van der Waals surface area contributed by atoms with Crippen LogP contribution in [0.4, 0.5) is 0 Å². The predicted molar refractivity (Wildman–Crippen MR) is 202 cm³/mol. The maximum Gasteiger partial charge on any atom is 0.267 e. The monoisotopic (exact) mass is 673 g/mol. The minimum Gasteiger partial charge on any atom is -0.387 e. The molecule has 0 saturated heterocycles. The van der Waals surface area contributed by atoms with Crippen LogP contribution >= 0.6 is 0 Å². The molecule has 0 aromatic heterocycles. The Morgan fingerprint density at radius 2 is 1.02 bits per heavy atom. The smallest absolute Gasteiger partial charge is 0.267 e. The quantitative estimate of drug-likeness (QED) is 0.0386. The van der Waals surface area contributed by atoms with Gasteiger partial charge in [-0.25, -0.2) is 0 Å². The molecule has 1 amide bonds. The lowest BCUT2D eigenvalue weighted by Gasteiger charge is -2.20. The molecular weight excluding hydrogens is 607 g/mol. The Morgan fingerprint density at radius 1 is 0.596 bits per heavy atom. The Labute approximate surface area is 288 Å². The number of hydrogen-bond donors (Lipinski definition) is 3. The molecule has 0 spiro atoms. The zero-order valence-corrected chi connectivity index (χ0v) is 30.4. The highest BCUT2D eigenvalue weighted by atomic mass is 32.2. The highest BCUT2D eigenvalue weighted by molar-refractivity contribution is 7.85. The number of unbranched alkanes of at least 4 members (excludes halogenated alkanes) is 11. The minimum absolute atomic E-state index is 0.166. The van der Waals surface area contributed by atoms with Gasteiger partial charge in [0.2, 0.25) is 5.91 Å². The average Bonchev–Trinajstić information content (AvgIpc) is 3.03. The van der Waals surface area contributed by atoms with Crippen molar-refractivity contribution >= 4 is 16.0 Å². The van der Waals surface area contributed by atoms with Crippen LogP contribution in [0.3, 0.4) is 0 Å².